The van der Waals surface area contributed by atoms with Gasteiger partial charge in [0, 0.05) is 11.3 Å². The van der Waals surface area contributed by atoms with Gasteiger partial charge in [0.1, 0.15) is 24.0 Å². The molecule has 0 saturated heterocycles. The average Bonchev–Trinajstić information content (AvgIpc) is 2.88. The molecule has 6 heteroatoms. The van der Waals surface area contributed by atoms with Gasteiger partial charge in [0.15, 0.2) is 11.5 Å². The fraction of sp³-hybridized carbons (Fsp3) is 0.103. The lowest BCUT2D eigenvalue weighted by molar-refractivity contribution is -0.112. The number of aryl methyl sites for hydroxylation is 1. The van der Waals surface area contributed by atoms with Crippen LogP contribution in [0.3, 0.4) is 0 Å². The largest absolute Gasteiger partial charge is 0.508 e. The number of hydrogen-bond donors (Lipinski definition) is 2. The van der Waals surface area contributed by atoms with E-state index in [4.69, 9.17) is 9.47 Å². The number of nitrogens with zero attached hydrogens (tertiary/aromatic N) is 1. The number of nitrogens with one attached hydrogen (secondary N) is 1. The van der Waals surface area contributed by atoms with Gasteiger partial charge in [-0.3, -0.25) is 4.79 Å². The molecular weight excluding hydrogens is 440 g/mol. The summed E-state index contributed by atoms with van der Waals surface area (Å²) in [6.07, 6.45) is 1.48. The topological polar surface area (TPSA) is 91.6 Å². The number of hydrogen-bond acceptors (Lipinski definition) is 5. The first kappa shape index (κ1) is 23.4. The molecule has 0 fully saturated rings. The van der Waals surface area contributed by atoms with Crippen LogP contribution < -0.4 is 14.8 Å². The van der Waals surface area contributed by atoms with Gasteiger partial charge in [-0.1, -0.05) is 42.5 Å². The predicted molar refractivity (Wildman–Crippen MR) is 136 cm³/mol. The predicted octanol–water partition coefficient (Wildman–Crippen LogP) is 5.99. The maximum Gasteiger partial charge on any atom is 0.266 e. The fourth-order valence-electron chi connectivity index (χ4n) is 3.74. The number of aromatic hydroxyl groups is 1. The third-order valence-electron chi connectivity index (χ3n) is 5.64. The Kier molecular flexibility index (Phi) is 6.99. The highest BCUT2D eigenvalue weighted by Gasteiger charge is 2.12. The highest BCUT2D eigenvalue weighted by atomic mass is 16.5. The van der Waals surface area contributed by atoms with Crippen LogP contribution in [0.5, 0.6) is 17.2 Å². The molecule has 0 spiro atoms. The monoisotopic (exact) mass is 464 g/mol. The minimum Gasteiger partial charge on any atom is -0.508 e. The number of fused-ring (bicyclic) bond motifs is 1. The van der Waals surface area contributed by atoms with Gasteiger partial charge in [0.25, 0.3) is 5.91 Å². The second-order valence-corrected chi connectivity index (χ2v) is 7.95. The summed E-state index contributed by atoms with van der Waals surface area (Å²) in [7, 11) is 1.54. The molecular formula is C29H24N2O4. The number of rotatable bonds is 7. The Hall–Kier alpha value is -4.76. The number of amides is 1. The van der Waals surface area contributed by atoms with Crippen molar-refractivity contribution >= 4 is 28.4 Å². The fourth-order valence-corrected chi connectivity index (χ4v) is 3.74. The molecule has 174 valence electrons. The van der Waals surface area contributed by atoms with E-state index < -0.39 is 5.91 Å². The maximum atomic E-state index is 12.5. The number of methoxy groups -OCH3 is 1. The number of benzene rings is 4. The van der Waals surface area contributed by atoms with E-state index in [2.05, 4.69) is 36.5 Å². The van der Waals surface area contributed by atoms with Crippen molar-refractivity contribution < 1.29 is 19.4 Å². The Morgan fingerprint density at radius 1 is 1.03 bits per heavy atom. The normalized spacial score (nSPS) is 11.1. The number of anilines is 1. The van der Waals surface area contributed by atoms with Crippen molar-refractivity contribution in [1.82, 2.24) is 0 Å². The Balaban J connectivity index is 1.53. The van der Waals surface area contributed by atoms with Crippen LogP contribution >= 0.6 is 0 Å². The van der Waals surface area contributed by atoms with Crippen LogP contribution in [0, 0.1) is 18.3 Å². The summed E-state index contributed by atoms with van der Waals surface area (Å²) in [5, 5.41) is 23.8. The number of phenols is 1. The van der Waals surface area contributed by atoms with Gasteiger partial charge in [-0.25, -0.2) is 0 Å². The molecule has 4 aromatic carbocycles. The average molecular weight is 465 g/mol. The Morgan fingerprint density at radius 3 is 2.54 bits per heavy atom. The number of nitriles is 1. The van der Waals surface area contributed by atoms with Crippen LogP contribution in [-0.4, -0.2) is 18.1 Å². The SMILES string of the molecule is COc1cc(/C=C(\C#N)C(=O)Nc2ccc(O)cc2)ccc1OCc1c(C)ccc2ccccc12. The van der Waals surface area contributed by atoms with Gasteiger partial charge in [0.05, 0.1) is 7.11 Å². The quantitative estimate of drug-likeness (QED) is 0.199. The molecule has 2 N–H and O–H groups in total. The molecule has 4 aromatic rings. The lowest BCUT2D eigenvalue weighted by atomic mass is 10.0. The third kappa shape index (κ3) is 5.43. The highest BCUT2D eigenvalue weighted by Crippen LogP contribution is 2.31. The summed E-state index contributed by atoms with van der Waals surface area (Å²) in [6, 6.07) is 25.5. The second kappa shape index (κ2) is 10.4. The van der Waals surface area contributed by atoms with Crippen LogP contribution in [0.15, 0.2) is 84.4 Å². The number of carbonyl (C=O) groups is 1. The molecule has 0 unspecified atom stereocenters. The Morgan fingerprint density at radius 2 is 1.80 bits per heavy atom. The van der Waals surface area contributed by atoms with Gasteiger partial charge >= 0.3 is 0 Å². The molecule has 0 aromatic heterocycles. The molecule has 35 heavy (non-hydrogen) atoms. The van der Waals surface area contributed by atoms with Crippen molar-refractivity contribution in [1.29, 1.82) is 5.26 Å². The van der Waals surface area contributed by atoms with Crippen molar-refractivity contribution in [2.45, 2.75) is 13.5 Å². The molecule has 0 saturated carbocycles. The molecule has 0 radical (unpaired) electrons. The van der Waals surface area contributed by atoms with Gasteiger partial charge in [-0.15, -0.1) is 0 Å². The van der Waals surface area contributed by atoms with E-state index in [1.807, 2.05) is 18.2 Å². The molecule has 4 rings (SSSR count). The summed E-state index contributed by atoms with van der Waals surface area (Å²) >= 11 is 0. The van der Waals surface area contributed by atoms with Crippen molar-refractivity contribution in [2.24, 2.45) is 0 Å². The standard InChI is InChI=1S/C29H24N2O4/c1-19-7-9-21-5-3-4-6-25(21)26(19)18-35-27-14-8-20(16-28(27)34-2)15-22(17-30)29(33)31-23-10-12-24(32)13-11-23/h3-16,32H,18H2,1-2H3,(H,31,33)/b22-15+. The minimum atomic E-state index is -0.552. The highest BCUT2D eigenvalue weighted by molar-refractivity contribution is 6.09. The molecule has 0 heterocycles. The maximum absolute atomic E-state index is 12.5. The molecule has 0 aliphatic heterocycles. The summed E-state index contributed by atoms with van der Waals surface area (Å²) in [5.41, 5.74) is 3.26. The molecule has 0 bridgehead atoms. The zero-order valence-electron chi connectivity index (χ0n) is 19.4. The lowest BCUT2D eigenvalue weighted by Gasteiger charge is -2.14. The van der Waals surface area contributed by atoms with E-state index in [-0.39, 0.29) is 11.3 Å². The van der Waals surface area contributed by atoms with Gasteiger partial charge < -0.3 is 19.9 Å². The van der Waals surface area contributed by atoms with E-state index in [0.717, 1.165) is 21.9 Å². The van der Waals surface area contributed by atoms with E-state index in [1.165, 1.54) is 18.2 Å². The van der Waals surface area contributed by atoms with E-state index in [1.54, 1.807) is 37.4 Å². The minimum absolute atomic E-state index is 0.0693. The van der Waals surface area contributed by atoms with Gasteiger partial charge in [0.2, 0.25) is 0 Å². The zero-order valence-corrected chi connectivity index (χ0v) is 19.4. The Bertz CT molecular complexity index is 1450. The first-order valence-electron chi connectivity index (χ1n) is 11.0. The molecule has 0 aliphatic rings. The summed E-state index contributed by atoms with van der Waals surface area (Å²) < 4.78 is 11.6. The first-order chi connectivity index (χ1) is 17.0. The van der Waals surface area contributed by atoms with E-state index >= 15 is 0 Å². The zero-order chi connectivity index (χ0) is 24.8. The van der Waals surface area contributed by atoms with E-state index in [9.17, 15) is 15.2 Å². The van der Waals surface area contributed by atoms with Crippen molar-refractivity contribution in [3.63, 3.8) is 0 Å². The van der Waals surface area contributed by atoms with Crippen LogP contribution in [0.4, 0.5) is 5.69 Å². The van der Waals surface area contributed by atoms with Crippen molar-refractivity contribution in [3.8, 4) is 23.3 Å². The number of ether oxygens (including phenoxy) is 2. The van der Waals surface area contributed by atoms with Crippen LogP contribution in [0.1, 0.15) is 16.7 Å². The first-order valence-corrected chi connectivity index (χ1v) is 11.0. The Labute approximate surface area is 203 Å². The van der Waals surface area contributed by atoms with E-state index in [0.29, 0.717) is 29.4 Å². The van der Waals surface area contributed by atoms with Crippen LogP contribution in [0.25, 0.3) is 16.8 Å². The number of carbonyl (C=O) groups excluding carboxylic acids is 1. The summed E-state index contributed by atoms with van der Waals surface area (Å²) in [5.74, 6) is 0.588. The lowest BCUT2D eigenvalue weighted by Crippen LogP contribution is -2.13. The molecule has 0 atom stereocenters. The molecule has 6 nitrogen and oxygen atoms in total. The third-order valence-corrected chi connectivity index (χ3v) is 5.64. The summed E-state index contributed by atoms with van der Waals surface area (Å²) in [4.78, 5) is 12.5. The molecule has 0 aliphatic carbocycles. The number of phenolic OH excluding ortho intramolecular Hbond substituents is 1. The van der Waals surface area contributed by atoms with Gasteiger partial charge in [-0.2, -0.15) is 5.26 Å². The van der Waals surface area contributed by atoms with Crippen molar-refractivity contribution in [3.05, 3.63) is 101 Å². The van der Waals surface area contributed by atoms with Gasteiger partial charge in [-0.05, 0) is 71.3 Å². The second-order valence-electron chi connectivity index (χ2n) is 7.95. The van der Waals surface area contributed by atoms with Crippen molar-refractivity contribution in [2.75, 3.05) is 12.4 Å². The summed E-state index contributed by atoms with van der Waals surface area (Å²) in [6.45, 7) is 2.43. The molecule has 1 amide bonds. The smallest absolute Gasteiger partial charge is 0.266 e. The van der Waals surface area contributed by atoms with Crippen LogP contribution in [0.2, 0.25) is 0 Å². The van der Waals surface area contributed by atoms with Crippen LogP contribution in [-0.2, 0) is 11.4 Å².